The number of benzene rings is 1. The van der Waals surface area contributed by atoms with Gasteiger partial charge in [-0.15, -0.1) is 0 Å². The van der Waals surface area contributed by atoms with E-state index in [1.54, 1.807) is 0 Å². The van der Waals surface area contributed by atoms with E-state index in [0.29, 0.717) is 18.0 Å². The highest BCUT2D eigenvalue weighted by Gasteiger charge is 2.13. The Morgan fingerprint density at radius 1 is 1.30 bits per heavy atom. The van der Waals surface area contributed by atoms with Crippen molar-refractivity contribution in [1.82, 2.24) is 4.98 Å². The van der Waals surface area contributed by atoms with Crippen molar-refractivity contribution in [3.05, 3.63) is 57.8 Å². The highest BCUT2D eigenvalue weighted by molar-refractivity contribution is 5.71. The van der Waals surface area contributed by atoms with Crippen molar-refractivity contribution in [3.63, 3.8) is 0 Å². The average molecular weight is 373 g/mol. The molecule has 27 heavy (non-hydrogen) atoms. The highest BCUT2D eigenvalue weighted by Crippen LogP contribution is 2.20. The first-order valence-electron chi connectivity index (χ1n) is 8.62. The summed E-state index contributed by atoms with van der Waals surface area (Å²) in [7, 11) is 0. The lowest BCUT2D eigenvalue weighted by Crippen LogP contribution is -2.28. The molecule has 0 aliphatic carbocycles. The van der Waals surface area contributed by atoms with E-state index in [1.807, 2.05) is 39.0 Å². The largest absolute Gasteiger partial charge is 0.482 e. The quantitative estimate of drug-likeness (QED) is 0.408. The van der Waals surface area contributed by atoms with Gasteiger partial charge in [0.25, 0.3) is 5.69 Å². The number of nitrogens with zero attached hydrogens (tertiary/aromatic N) is 2. The number of esters is 1. The van der Waals surface area contributed by atoms with Crippen LogP contribution in [0, 0.1) is 24.0 Å². The van der Waals surface area contributed by atoms with Crippen LogP contribution >= 0.6 is 0 Å². The minimum atomic E-state index is -0.508. The zero-order valence-corrected chi connectivity index (χ0v) is 15.6. The van der Waals surface area contributed by atoms with Crippen LogP contribution in [-0.2, 0) is 9.53 Å². The minimum Gasteiger partial charge on any atom is -0.482 e. The third-order valence-corrected chi connectivity index (χ3v) is 4.15. The van der Waals surface area contributed by atoms with Gasteiger partial charge in [0.15, 0.2) is 6.61 Å². The van der Waals surface area contributed by atoms with Gasteiger partial charge >= 0.3 is 5.97 Å². The number of nitro groups is 1. The molecule has 1 atom stereocenters. The van der Waals surface area contributed by atoms with Crippen LogP contribution in [0.15, 0.2) is 36.5 Å². The molecule has 1 N–H and O–H groups in total. The minimum absolute atomic E-state index is 0.0800. The summed E-state index contributed by atoms with van der Waals surface area (Å²) in [5.41, 5.74) is 2.00. The lowest BCUT2D eigenvalue weighted by molar-refractivity contribution is -0.385. The van der Waals surface area contributed by atoms with Gasteiger partial charge in [-0.3, -0.25) is 10.1 Å². The van der Waals surface area contributed by atoms with Crippen molar-refractivity contribution in [2.75, 3.05) is 18.5 Å². The molecule has 0 bridgehead atoms. The third kappa shape index (κ3) is 5.95. The fraction of sp³-hybridized carbons (Fsp3) is 0.368. The van der Waals surface area contributed by atoms with Gasteiger partial charge in [0.05, 0.1) is 11.0 Å². The van der Waals surface area contributed by atoms with E-state index in [4.69, 9.17) is 9.47 Å². The Kier molecular flexibility index (Phi) is 7.10. The third-order valence-electron chi connectivity index (χ3n) is 4.15. The van der Waals surface area contributed by atoms with Crippen LogP contribution in [0.2, 0.25) is 0 Å². The van der Waals surface area contributed by atoms with Crippen molar-refractivity contribution < 1.29 is 19.2 Å². The summed E-state index contributed by atoms with van der Waals surface area (Å²) >= 11 is 0. The van der Waals surface area contributed by atoms with Crippen LogP contribution in [0.4, 0.5) is 11.5 Å². The monoisotopic (exact) mass is 373 g/mol. The molecule has 0 saturated heterocycles. The van der Waals surface area contributed by atoms with Crippen molar-refractivity contribution >= 4 is 17.5 Å². The van der Waals surface area contributed by atoms with E-state index in [-0.39, 0.29) is 24.9 Å². The van der Waals surface area contributed by atoms with E-state index in [0.717, 1.165) is 11.1 Å². The molecule has 144 valence electrons. The predicted molar refractivity (Wildman–Crippen MR) is 101 cm³/mol. The molecule has 0 radical (unpaired) electrons. The number of hydrogen-bond donors (Lipinski definition) is 1. The standard InChI is InChI=1S/C19H23N3O5/c1-4-15(21-18-9-8-16(10-20-18)22(24)25)11-27-19(23)12-26-17-7-5-6-13(2)14(17)3/h5-10,15H,4,11-12H2,1-3H3,(H,20,21). The van der Waals surface area contributed by atoms with Gasteiger partial charge in [-0.1, -0.05) is 19.1 Å². The number of nitrogens with one attached hydrogen (secondary N) is 1. The Labute approximate surface area is 157 Å². The molecule has 0 aliphatic heterocycles. The zero-order valence-electron chi connectivity index (χ0n) is 15.6. The van der Waals surface area contributed by atoms with Gasteiger partial charge in [0.2, 0.25) is 0 Å². The summed E-state index contributed by atoms with van der Waals surface area (Å²) in [5.74, 6) is 0.676. The number of aryl methyl sites for hydroxylation is 1. The van der Waals surface area contributed by atoms with Crippen LogP contribution < -0.4 is 10.1 Å². The van der Waals surface area contributed by atoms with Crippen LogP contribution in [0.3, 0.4) is 0 Å². The van der Waals surface area contributed by atoms with Crippen LogP contribution in [0.5, 0.6) is 5.75 Å². The summed E-state index contributed by atoms with van der Waals surface area (Å²) in [6.07, 6.45) is 1.86. The maximum absolute atomic E-state index is 11.9. The lowest BCUT2D eigenvalue weighted by Gasteiger charge is -2.17. The molecular weight excluding hydrogens is 350 g/mol. The second-order valence-electron chi connectivity index (χ2n) is 6.08. The molecule has 8 heteroatoms. The first-order chi connectivity index (χ1) is 12.9. The summed E-state index contributed by atoms with van der Waals surface area (Å²) in [6, 6.07) is 8.38. The summed E-state index contributed by atoms with van der Waals surface area (Å²) in [6.45, 7) is 5.82. The van der Waals surface area contributed by atoms with Gasteiger partial charge in [0.1, 0.15) is 24.4 Å². The SMILES string of the molecule is CCC(COC(=O)COc1cccc(C)c1C)Nc1ccc([N+](=O)[O-])cn1. The molecule has 0 fully saturated rings. The van der Waals surface area contributed by atoms with Crippen molar-refractivity contribution in [2.24, 2.45) is 0 Å². The number of hydrogen-bond acceptors (Lipinski definition) is 7. The molecule has 0 amide bonds. The Morgan fingerprint density at radius 2 is 2.07 bits per heavy atom. The van der Waals surface area contributed by atoms with Gasteiger partial charge < -0.3 is 14.8 Å². The first-order valence-corrected chi connectivity index (χ1v) is 8.62. The first kappa shape index (κ1) is 20.2. The zero-order chi connectivity index (χ0) is 19.8. The summed E-state index contributed by atoms with van der Waals surface area (Å²) in [4.78, 5) is 26.1. The molecule has 1 aromatic heterocycles. The maximum atomic E-state index is 11.9. The maximum Gasteiger partial charge on any atom is 0.344 e. The number of carbonyl (C=O) groups excluding carboxylic acids is 1. The van der Waals surface area contributed by atoms with Gasteiger partial charge in [0, 0.05) is 6.07 Å². The van der Waals surface area contributed by atoms with E-state index in [1.165, 1.54) is 18.3 Å². The Bertz CT molecular complexity index is 792. The van der Waals surface area contributed by atoms with Gasteiger partial charge in [-0.25, -0.2) is 9.78 Å². The molecule has 1 heterocycles. The van der Waals surface area contributed by atoms with E-state index >= 15 is 0 Å². The summed E-state index contributed by atoms with van der Waals surface area (Å²) in [5, 5.41) is 13.7. The lowest BCUT2D eigenvalue weighted by atomic mass is 10.1. The molecule has 8 nitrogen and oxygen atoms in total. The second-order valence-corrected chi connectivity index (χ2v) is 6.08. The van der Waals surface area contributed by atoms with Gasteiger partial charge in [-0.2, -0.15) is 0 Å². The highest BCUT2D eigenvalue weighted by atomic mass is 16.6. The Balaban J connectivity index is 1.81. The second kappa shape index (κ2) is 9.51. The number of rotatable bonds is 9. The molecule has 0 saturated carbocycles. The number of aromatic nitrogens is 1. The molecule has 2 rings (SSSR count). The fourth-order valence-corrected chi connectivity index (χ4v) is 2.30. The normalized spacial score (nSPS) is 11.5. The van der Waals surface area contributed by atoms with E-state index in [9.17, 15) is 14.9 Å². The van der Waals surface area contributed by atoms with Crippen molar-refractivity contribution in [1.29, 1.82) is 0 Å². The molecule has 2 aromatic rings. The molecule has 1 aromatic carbocycles. The van der Waals surface area contributed by atoms with Crippen LogP contribution in [0.25, 0.3) is 0 Å². The number of carbonyl (C=O) groups is 1. The molecular formula is C19H23N3O5. The topological polar surface area (TPSA) is 104 Å². The molecule has 1 unspecified atom stereocenters. The van der Waals surface area contributed by atoms with Crippen molar-refractivity contribution in [3.8, 4) is 5.75 Å². The number of pyridine rings is 1. The predicted octanol–water partition coefficient (Wildman–Crippen LogP) is 3.42. The molecule has 0 spiro atoms. The number of anilines is 1. The van der Waals surface area contributed by atoms with Crippen molar-refractivity contribution in [2.45, 2.75) is 33.2 Å². The fourth-order valence-electron chi connectivity index (χ4n) is 2.30. The summed E-state index contributed by atoms with van der Waals surface area (Å²) < 4.78 is 10.8. The Hall–Kier alpha value is -3.16. The average Bonchev–Trinajstić information content (AvgIpc) is 2.66. The smallest absolute Gasteiger partial charge is 0.344 e. The van der Waals surface area contributed by atoms with Crippen LogP contribution in [0.1, 0.15) is 24.5 Å². The van der Waals surface area contributed by atoms with Crippen LogP contribution in [-0.4, -0.2) is 35.1 Å². The van der Waals surface area contributed by atoms with Gasteiger partial charge in [-0.05, 0) is 43.5 Å². The van der Waals surface area contributed by atoms with E-state index < -0.39 is 10.9 Å². The van der Waals surface area contributed by atoms with E-state index in [2.05, 4.69) is 10.3 Å². The number of ether oxygens (including phenoxy) is 2. The molecule has 0 aliphatic rings. The Morgan fingerprint density at radius 3 is 2.70 bits per heavy atom.